The third-order valence-corrected chi connectivity index (χ3v) is 6.55. The predicted molar refractivity (Wildman–Crippen MR) is 108 cm³/mol. The minimum absolute atomic E-state index is 0.155. The van der Waals surface area contributed by atoms with E-state index in [1.807, 2.05) is 36.9 Å². The Balaban J connectivity index is 1.76. The lowest BCUT2D eigenvalue weighted by atomic mass is 9.60. The van der Waals surface area contributed by atoms with Crippen molar-refractivity contribution < 1.29 is 9.59 Å². The van der Waals surface area contributed by atoms with Gasteiger partial charge in [0.1, 0.15) is 5.78 Å². The molecule has 27 heavy (non-hydrogen) atoms. The first kappa shape index (κ1) is 18.0. The number of benzene rings is 2. The van der Waals surface area contributed by atoms with Crippen LogP contribution >= 0.6 is 0 Å². The summed E-state index contributed by atoms with van der Waals surface area (Å²) >= 11 is 0. The Morgan fingerprint density at radius 3 is 2.44 bits per heavy atom. The van der Waals surface area contributed by atoms with Crippen LogP contribution < -0.4 is 4.90 Å². The van der Waals surface area contributed by atoms with E-state index in [0.717, 1.165) is 16.8 Å². The van der Waals surface area contributed by atoms with Gasteiger partial charge in [-0.25, -0.2) is 0 Å². The molecule has 3 nitrogen and oxygen atoms in total. The van der Waals surface area contributed by atoms with Gasteiger partial charge in [0.2, 0.25) is 5.91 Å². The van der Waals surface area contributed by atoms with Crippen molar-refractivity contribution in [1.29, 1.82) is 0 Å². The third kappa shape index (κ3) is 2.72. The summed E-state index contributed by atoms with van der Waals surface area (Å²) in [5.74, 6) is 0.425. The van der Waals surface area contributed by atoms with Gasteiger partial charge in [-0.15, -0.1) is 0 Å². The summed E-state index contributed by atoms with van der Waals surface area (Å²) in [5.41, 5.74) is 4.72. The fourth-order valence-electron chi connectivity index (χ4n) is 4.86. The molecule has 0 saturated heterocycles. The molecule has 0 N–H and O–H groups in total. The highest BCUT2D eigenvalue weighted by molar-refractivity contribution is 6.09. The van der Waals surface area contributed by atoms with Gasteiger partial charge in [-0.3, -0.25) is 9.59 Å². The molecule has 3 heteroatoms. The first-order chi connectivity index (χ1) is 12.7. The number of amides is 1. The number of ketones is 1. The summed E-state index contributed by atoms with van der Waals surface area (Å²) in [6.07, 6.45) is 1.69. The SMILES string of the molecule is Cc1ccc(CN2C(=O)[C@@]3(CCC(=O)C(C)(C)C3)c3ccccc32)cc1C. The zero-order chi connectivity index (χ0) is 19.4. The van der Waals surface area contributed by atoms with Gasteiger partial charge < -0.3 is 4.90 Å². The number of carbonyl (C=O) groups is 2. The van der Waals surface area contributed by atoms with Crippen molar-refractivity contribution in [2.75, 3.05) is 4.90 Å². The number of hydrogen-bond acceptors (Lipinski definition) is 2. The Bertz CT molecular complexity index is 943. The van der Waals surface area contributed by atoms with E-state index in [0.29, 0.717) is 25.8 Å². The van der Waals surface area contributed by atoms with E-state index in [1.165, 1.54) is 11.1 Å². The molecular weight excluding hydrogens is 334 g/mol. The number of carbonyl (C=O) groups excluding carboxylic acids is 2. The van der Waals surface area contributed by atoms with Crippen LogP contribution in [-0.2, 0) is 21.5 Å². The first-order valence-electron chi connectivity index (χ1n) is 9.75. The van der Waals surface area contributed by atoms with Crippen LogP contribution in [0.25, 0.3) is 0 Å². The number of rotatable bonds is 2. The molecule has 4 rings (SSSR count). The van der Waals surface area contributed by atoms with Crippen LogP contribution in [-0.4, -0.2) is 11.7 Å². The van der Waals surface area contributed by atoms with Crippen molar-refractivity contribution >= 4 is 17.4 Å². The number of fused-ring (bicyclic) bond motifs is 2. The fourth-order valence-corrected chi connectivity index (χ4v) is 4.86. The number of nitrogens with zero attached hydrogens (tertiary/aromatic N) is 1. The summed E-state index contributed by atoms with van der Waals surface area (Å²) in [4.78, 5) is 28.0. The molecule has 0 unspecified atom stereocenters. The smallest absolute Gasteiger partial charge is 0.238 e. The van der Waals surface area contributed by atoms with E-state index in [-0.39, 0.29) is 11.7 Å². The zero-order valence-electron chi connectivity index (χ0n) is 16.6. The highest BCUT2D eigenvalue weighted by atomic mass is 16.2. The topological polar surface area (TPSA) is 37.4 Å². The van der Waals surface area contributed by atoms with Gasteiger partial charge in [-0.2, -0.15) is 0 Å². The Kier molecular flexibility index (Phi) is 4.03. The Labute approximate surface area is 161 Å². The second-order valence-electron chi connectivity index (χ2n) is 8.89. The summed E-state index contributed by atoms with van der Waals surface area (Å²) in [6, 6.07) is 14.5. The van der Waals surface area contributed by atoms with Gasteiger partial charge >= 0.3 is 0 Å². The van der Waals surface area contributed by atoms with Gasteiger partial charge in [0.25, 0.3) is 0 Å². The highest BCUT2D eigenvalue weighted by Crippen LogP contribution is 2.53. The normalized spacial score (nSPS) is 23.8. The van der Waals surface area contributed by atoms with Gasteiger partial charge in [0, 0.05) is 17.5 Å². The van der Waals surface area contributed by atoms with Crippen molar-refractivity contribution in [2.24, 2.45) is 5.41 Å². The van der Waals surface area contributed by atoms with Gasteiger partial charge in [-0.1, -0.05) is 50.2 Å². The maximum Gasteiger partial charge on any atom is 0.238 e. The summed E-state index contributed by atoms with van der Waals surface area (Å²) in [7, 11) is 0. The highest BCUT2D eigenvalue weighted by Gasteiger charge is 2.56. The zero-order valence-corrected chi connectivity index (χ0v) is 16.6. The standard InChI is InChI=1S/C24H27NO2/c1-16-9-10-18(13-17(16)2)14-25-20-8-6-5-7-19(20)24(22(25)27)12-11-21(26)23(3,4)15-24/h5-10,13H,11-12,14-15H2,1-4H3/t24-/m1/s1. The van der Waals surface area contributed by atoms with Crippen molar-refractivity contribution in [3.8, 4) is 0 Å². The van der Waals surface area contributed by atoms with E-state index in [4.69, 9.17) is 0 Å². The third-order valence-electron chi connectivity index (χ3n) is 6.55. The number of aryl methyl sites for hydroxylation is 2. The Morgan fingerprint density at radius 2 is 1.74 bits per heavy atom. The predicted octanol–water partition coefficient (Wildman–Crippen LogP) is 4.87. The molecule has 0 aromatic heterocycles. The van der Waals surface area contributed by atoms with E-state index < -0.39 is 10.8 Å². The van der Waals surface area contributed by atoms with Gasteiger partial charge in [0.15, 0.2) is 0 Å². The van der Waals surface area contributed by atoms with Crippen LogP contribution in [0, 0.1) is 19.3 Å². The first-order valence-corrected chi connectivity index (χ1v) is 9.75. The number of anilines is 1. The number of para-hydroxylation sites is 1. The van der Waals surface area contributed by atoms with E-state index >= 15 is 0 Å². The molecule has 2 aromatic carbocycles. The van der Waals surface area contributed by atoms with Gasteiger partial charge in [0.05, 0.1) is 12.0 Å². The Morgan fingerprint density at radius 1 is 1.00 bits per heavy atom. The molecule has 2 aromatic rings. The molecule has 140 valence electrons. The molecule has 0 bridgehead atoms. The monoisotopic (exact) mass is 361 g/mol. The molecule has 2 aliphatic rings. The van der Waals surface area contributed by atoms with Crippen LogP contribution in [0.2, 0.25) is 0 Å². The van der Waals surface area contributed by atoms with Crippen molar-refractivity contribution in [2.45, 2.75) is 58.9 Å². The van der Waals surface area contributed by atoms with E-state index in [1.54, 1.807) is 0 Å². The summed E-state index contributed by atoms with van der Waals surface area (Å²) < 4.78 is 0. The maximum absolute atomic E-state index is 13.7. The quantitative estimate of drug-likeness (QED) is 0.765. The second-order valence-corrected chi connectivity index (χ2v) is 8.89. The summed E-state index contributed by atoms with van der Waals surface area (Å²) in [6.45, 7) is 8.75. The number of Topliss-reactive ketones (excluding diaryl/α,β-unsaturated/α-hetero) is 1. The van der Waals surface area contributed by atoms with Crippen LogP contribution in [0.1, 0.15) is 55.4 Å². The lowest BCUT2D eigenvalue weighted by Crippen LogP contribution is -2.48. The lowest BCUT2D eigenvalue weighted by molar-refractivity contribution is -0.135. The van der Waals surface area contributed by atoms with Crippen LogP contribution in [0.4, 0.5) is 5.69 Å². The largest absolute Gasteiger partial charge is 0.307 e. The van der Waals surface area contributed by atoms with Crippen molar-refractivity contribution in [3.63, 3.8) is 0 Å². The average Bonchev–Trinajstić information content (AvgIpc) is 2.84. The molecule has 1 amide bonds. The average molecular weight is 361 g/mol. The molecule has 1 aliphatic carbocycles. The molecule has 1 fully saturated rings. The minimum Gasteiger partial charge on any atom is -0.307 e. The van der Waals surface area contributed by atoms with Crippen LogP contribution in [0.15, 0.2) is 42.5 Å². The van der Waals surface area contributed by atoms with Crippen LogP contribution in [0.5, 0.6) is 0 Å². The number of hydrogen-bond donors (Lipinski definition) is 0. The van der Waals surface area contributed by atoms with E-state index in [9.17, 15) is 9.59 Å². The molecule has 1 spiro atoms. The van der Waals surface area contributed by atoms with Crippen LogP contribution in [0.3, 0.4) is 0 Å². The fraction of sp³-hybridized carbons (Fsp3) is 0.417. The van der Waals surface area contributed by atoms with Crippen molar-refractivity contribution in [1.82, 2.24) is 0 Å². The lowest BCUT2D eigenvalue weighted by Gasteiger charge is -2.40. The minimum atomic E-state index is -0.562. The molecule has 1 atom stereocenters. The molecule has 1 aliphatic heterocycles. The van der Waals surface area contributed by atoms with Gasteiger partial charge in [-0.05, 0) is 55.0 Å². The van der Waals surface area contributed by atoms with E-state index in [2.05, 4.69) is 38.1 Å². The molecular formula is C24H27NO2. The van der Waals surface area contributed by atoms with Crippen molar-refractivity contribution in [3.05, 3.63) is 64.7 Å². The summed E-state index contributed by atoms with van der Waals surface area (Å²) in [5, 5.41) is 0. The molecule has 1 saturated carbocycles. The Hall–Kier alpha value is -2.42. The maximum atomic E-state index is 13.7. The molecule has 0 radical (unpaired) electrons. The molecule has 1 heterocycles. The second kappa shape index (κ2) is 6.05.